The summed E-state index contributed by atoms with van der Waals surface area (Å²) >= 11 is 0. The first-order valence-electron chi connectivity index (χ1n) is 6.77. The molecule has 0 unspecified atom stereocenters. The Labute approximate surface area is 128 Å². The molecule has 0 saturated carbocycles. The molecule has 22 heavy (non-hydrogen) atoms. The van der Waals surface area contributed by atoms with Crippen LogP contribution in [0.3, 0.4) is 0 Å². The van der Waals surface area contributed by atoms with E-state index in [1.807, 2.05) is 0 Å². The zero-order valence-electron chi connectivity index (χ0n) is 11.9. The lowest BCUT2D eigenvalue weighted by Gasteiger charge is -2.26. The van der Waals surface area contributed by atoms with Crippen LogP contribution in [-0.2, 0) is 26.2 Å². The number of hydrogen-bond donors (Lipinski definition) is 3. The highest BCUT2D eigenvalue weighted by Crippen LogP contribution is 2.08. The molecule has 120 valence electrons. The van der Waals surface area contributed by atoms with Crippen molar-refractivity contribution in [1.82, 2.24) is 15.5 Å². The van der Waals surface area contributed by atoms with E-state index in [1.54, 1.807) is 0 Å². The van der Waals surface area contributed by atoms with Crippen molar-refractivity contribution in [2.24, 2.45) is 5.14 Å². The number of sulfonamides is 1. The van der Waals surface area contributed by atoms with Crippen molar-refractivity contribution in [2.75, 3.05) is 26.2 Å². The average Bonchev–Trinajstić information content (AvgIpc) is 2.52. The maximum Gasteiger partial charge on any atom is 0.311 e. The summed E-state index contributed by atoms with van der Waals surface area (Å²) < 4.78 is 22.3. The summed E-state index contributed by atoms with van der Waals surface area (Å²) in [6.07, 6.45) is 0. The molecule has 0 aliphatic carbocycles. The fourth-order valence-electron chi connectivity index (χ4n) is 2.07. The van der Waals surface area contributed by atoms with Crippen LogP contribution in [0.2, 0.25) is 0 Å². The summed E-state index contributed by atoms with van der Waals surface area (Å²) in [5.41, 5.74) is 0.675. The van der Waals surface area contributed by atoms with Gasteiger partial charge in [0.15, 0.2) is 0 Å². The van der Waals surface area contributed by atoms with Crippen molar-refractivity contribution in [3.05, 3.63) is 29.8 Å². The summed E-state index contributed by atoms with van der Waals surface area (Å²) in [7, 11) is -3.73. The van der Waals surface area contributed by atoms with Crippen LogP contribution in [-0.4, -0.2) is 51.3 Å². The molecule has 1 fully saturated rings. The molecular weight excluding hydrogens is 308 g/mol. The Morgan fingerprint density at radius 2 is 1.77 bits per heavy atom. The van der Waals surface area contributed by atoms with Crippen LogP contribution in [0.15, 0.2) is 29.2 Å². The molecule has 1 saturated heterocycles. The molecule has 0 atom stereocenters. The summed E-state index contributed by atoms with van der Waals surface area (Å²) in [6, 6.07) is 5.79. The van der Waals surface area contributed by atoms with Gasteiger partial charge in [0.2, 0.25) is 10.0 Å². The Bertz CT molecular complexity index is 651. The van der Waals surface area contributed by atoms with Crippen molar-refractivity contribution in [3.63, 3.8) is 0 Å². The van der Waals surface area contributed by atoms with Gasteiger partial charge < -0.3 is 15.5 Å². The highest BCUT2D eigenvalue weighted by Gasteiger charge is 2.22. The van der Waals surface area contributed by atoms with Gasteiger partial charge in [0.05, 0.1) is 4.90 Å². The van der Waals surface area contributed by atoms with Crippen LogP contribution in [0.4, 0.5) is 0 Å². The number of nitrogens with two attached hydrogens (primary N) is 1. The first-order chi connectivity index (χ1) is 10.4. The standard InChI is InChI=1S/C13H18N4O4S/c14-22(20,21)11-3-1-10(2-4-11)9-16-12(18)13(19)17-7-5-15-6-8-17/h1-4,15H,5-9H2,(H,16,18)(H2,14,20,21). The molecular formula is C13H18N4O4S. The second-order valence-corrected chi connectivity index (χ2v) is 6.48. The average molecular weight is 326 g/mol. The van der Waals surface area contributed by atoms with Crippen molar-refractivity contribution in [3.8, 4) is 0 Å². The van der Waals surface area contributed by atoms with Gasteiger partial charge in [-0.15, -0.1) is 0 Å². The fraction of sp³-hybridized carbons (Fsp3) is 0.385. The van der Waals surface area contributed by atoms with E-state index in [0.717, 1.165) is 0 Å². The normalized spacial score (nSPS) is 15.4. The summed E-state index contributed by atoms with van der Waals surface area (Å²) in [5, 5.41) is 10.6. The van der Waals surface area contributed by atoms with E-state index in [9.17, 15) is 18.0 Å². The predicted molar refractivity (Wildman–Crippen MR) is 79.1 cm³/mol. The highest BCUT2D eigenvalue weighted by atomic mass is 32.2. The van der Waals surface area contributed by atoms with Crippen LogP contribution >= 0.6 is 0 Å². The van der Waals surface area contributed by atoms with E-state index < -0.39 is 21.8 Å². The van der Waals surface area contributed by atoms with Gasteiger partial charge in [0, 0.05) is 32.7 Å². The summed E-state index contributed by atoms with van der Waals surface area (Å²) in [6.45, 7) is 2.51. The Morgan fingerprint density at radius 3 is 2.32 bits per heavy atom. The van der Waals surface area contributed by atoms with Gasteiger partial charge in [0.25, 0.3) is 0 Å². The lowest BCUT2D eigenvalue weighted by atomic mass is 10.2. The lowest BCUT2D eigenvalue weighted by Crippen LogP contribution is -2.51. The Kier molecular flexibility index (Phi) is 5.11. The smallest absolute Gasteiger partial charge is 0.311 e. The van der Waals surface area contributed by atoms with Gasteiger partial charge in [-0.3, -0.25) is 9.59 Å². The van der Waals surface area contributed by atoms with E-state index in [1.165, 1.54) is 29.2 Å². The van der Waals surface area contributed by atoms with E-state index in [0.29, 0.717) is 31.7 Å². The number of carbonyl (C=O) groups is 2. The van der Waals surface area contributed by atoms with Crippen molar-refractivity contribution in [1.29, 1.82) is 0 Å². The molecule has 1 aliphatic heterocycles. The zero-order valence-corrected chi connectivity index (χ0v) is 12.7. The number of nitrogens with one attached hydrogen (secondary N) is 2. The summed E-state index contributed by atoms with van der Waals surface area (Å²) in [5.74, 6) is -1.22. The quantitative estimate of drug-likeness (QED) is 0.577. The third-order valence-electron chi connectivity index (χ3n) is 3.30. The van der Waals surface area contributed by atoms with E-state index in [2.05, 4.69) is 10.6 Å². The van der Waals surface area contributed by atoms with Crippen LogP contribution < -0.4 is 15.8 Å². The predicted octanol–water partition coefficient (Wildman–Crippen LogP) is -1.62. The minimum Gasteiger partial charge on any atom is -0.344 e. The van der Waals surface area contributed by atoms with E-state index in [4.69, 9.17) is 5.14 Å². The van der Waals surface area contributed by atoms with Crippen molar-refractivity contribution >= 4 is 21.8 Å². The number of nitrogens with zero attached hydrogens (tertiary/aromatic N) is 1. The second-order valence-electron chi connectivity index (χ2n) is 4.91. The number of primary sulfonamides is 1. The fourth-order valence-corrected chi connectivity index (χ4v) is 2.58. The van der Waals surface area contributed by atoms with Crippen LogP contribution in [0.5, 0.6) is 0 Å². The largest absolute Gasteiger partial charge is 0.344 e. The molecule has 1 aliphatic rings. The van der Waals surface area contributed by atoms with Crippen LogP contribution in [0.1, 0.15) is 5.56 Å². The van der Waals surface area contributed by atoms with Crippen molar-refractivity contribution < 1.29 is 18.0 Å². The highest BCUT2D eigenvalue weighted by molar-refractivity contribution is 7.89. The maximum atomic E-state index is 11.9. The number of rotatable bonds is 3. The van der Waals surface area contributed by atoms with Gasteiger partial charge in [-0.2, -0.15) is 0 Å². The van der Waals surface area contributed by atoms with Gasteiger partial charge in [0.1, 0.15) is 0 Å². The molecule has 1 heterocycles. The van der Waals surface area contributed by atoms with Crippen LogP contribution in [0, 0.1) is 0 Å². The molecule has 0 aromatic heterocycles. The summed E-state index contributed by atoms with van der Waals surface area (Å²) in [4.78, 5) is 25.2. The number of benzene rings is 1. The first kappa shape index (κ1) is 16.4. The maximum absolute atomic E-state index is 11.9. The molecule has 0 bridgehead atoms. The molecule has 0 radical (unpaired) electrons. The molecule has 1 aromatic rings. The molecule has 2 rings (SSSR count). The minimum absolute atomic E-state index is 0.000491. The number of piperazine rings is 1. The SMILES string of the molecule is NS(=O)(=O)c1ccc(CNC(=O)C(=O)N2CCNCC2)cc1. The van der Waals surface area contributed by atoms with Gasteiger partial charge in [-0.25, -0.2) is 13.6 Å². The van der Waals surface area contributed by atoms with Gasteiger partial charge >= 0.3 is 11.8 Å². The van der Waals surface area contributed by atoms with Gasteiger partial charge in [-0.1, -0.05) is 12.1 Å². The molecule has 9 heteroatoms. The Morgan fingerprint density at radius 1 is 1.18 bits per heavy atom. The zero-order chi connectivity index (χ0) is 16.2. The second kappa shape index (κ2) is 6.86. The molecule has 8 nitrogen and oxygen atoms in total. The molecule has 1 aromatic carbocycles. The number of amides is 2. The third-order valence-corrected chi connectivity index (χ3v) is 4.23. The lowest BCUT2D eigenvalue weighted by molar-refractivity contribution is -0.146. The Balaban J connectivity index is 1.89. The molecule has 4 N–H and O–H groups in total. The Hall–Kier alpha value is -1.97. The van der Waals surface area contributed by atoms with E-state index in [-0.39, 0.29) is 11.4 Å². The van der Waals surface area contributed by atoms with Gasteiger partial charge in [-0.05, 0) is 17.7 Å². The van der Waals surface area contributed by atoms with Crippen molar-refractivity contribution in [2.45, 2.75) is 11.4 Å². The van der Waals surface area contributed by atoms with E-state index >= 15 is 0 Å². The minimum atomic E-state index is -3.73. The molecule has 2 amide bonds. The number of hydrogen-bond acceptors (Lipinski definition) is 5. The van der Waals surface area contributed by atoms with Crippen LogP contribution in [0.25, 0.3) is 0 Å². The third kappa shape index (κ3) is 4.26. The monoisotopic (exact) mass is 326 g/mol. The first-order valence-corrected chi connectivity index (χ1v) is 8.32. The number of carbonyl (C=O) groups excluding carboxylic acids is 2. The molecule has 0 spiro atoms. The topological polar surface area (TPSA) is 122 Å².